The van der Waals surface area contributed by atoms with E-state index in [0.717, 1.165) is 11.3 Å². The van der Waals surface area contributed by atoms with E-state index in [4.69, 9.17) is 0 Å². The van der Waals surface area contributed by atoms with Crippen molar-refractivity contribution in [2.75, 3.05) is 24.5 Å². The number of nitrogens with one attached hydrogen (secondary N) is 1. The van der Waals surface area contributed by atoms with Gasteiger partial charge in [0.2, 0.25) is 5.91 Å². The van der Waals surface area contributed by atoms with Crippen molar-refractivity contribution in [3.8, 4) is 0 Å². The molecule has 2 N–H and O–H groups in total. The predicted molar refractivity (Wildman–Crippen MR) is 108 cm³/mol. The maximum Gasteiger partial charge on any atom is 0.219 e. The molecule has 0 bridgehead atoms. The van der Waals surface area contributed by atoms with Crippen LogP contribution in [0.3, 0.4) is 0 Å². The van der Waals surface area contributed by atoms with Gasteiger partial charge in [0.1, 0.15) is 11.8 Å². The standard InChI is InChI=1S/C21H24N6O2/c1-13(28)27-9-15(14-5-3-2-4-6-14)18-16(27)10-26(8-7-17(18)29)21-19-20(23-11-22-19)24-12-25-21/h2-6,11-12,15-18,29H,7-10H2,1H3,(H,22,23,24,25)/t15-,16?,17+,18?/m0/s1. The van der Waals surface area contributed by atoms with Gasteiger partial charge in [0, 0.05) is 38.4 Å². The molecule has 0 spiro atoms. The number of amides is 1. The van der Waals surface area contributed by atoms with E-state index in [-0.39, 0.29) is 23.8 Å². The molecule has 0 aliphatic carbocycles. The lowest BCUT2D eigenvalue weighted by Crippen LogP contribution is -2.45. The summed E-state index contributed by atoms with van der Waals surface area (Å²) < 4.78 is 0. The van der Waals surface area contributed by atoms with Crippen LogP contribution < -0.4 is 4.90 Å². The van der Waals surface area contributed by atoms with Crippen LogP contribution in [0.5, 0.6) is 0 Å². The van der Waals surface area contributed by atoms with E-state index < -0.39 is 6.10 Å². The first-order valence-electron chi connectivity index (χ1n) is 10.0. The van der Waals surface area contributed by atoms with Crippen molar-refractivity contribution >= 4 is 22.9 Å². The molecule has 1 amide bonds. The molecule has 2 aliphatic rings. The molecule has 150 valence electrons. The number of imidazole rings is 1. The molecule has 0 saturated carbocycles. The Morgan fingerprint density at radius 2 is 2.00 bits per heavy atom. The van der Waals surface area contributed by atoms with Crippen LogP contribution in [0.15, 0.2) is 43.0 Å². The van der Waals surface area contributed by atoms with E-state index in [1.54, 1.807) is 13.3 Å². The lowest BCUT2D eigenvalue weighted by Gasteiger charge is -2.31. The Morgan fingerprint density at radius 3 is 2.79 bits per heavy atom. The van der Waals surface area contributed by atoms with Gasteiger partial charge in [-0.2, -0.15) is 0 Å². The van der Waals surface area contributed by atoms with Gasteiger partial charge in [-0.25, -0.2) is 15.0 Å². The molecule has 8 nitrogen and oxygen atoms in total. The Kier molecular flexibility index (Phi) is 4.43. The monoisotopic (exact) mass is 392 g/mol. The number of aliphatic hydroxyl groups excluding tert-OH is 1. The summed E-state index contributed by atoms with van der Waals surface area (Å²) in [5.41, 5.74) is 2.58. The fourth-order valence-electron chi connectivity index (χ4n) is 5.06. The number of anilines is 1. The van der Waals surface area contributed by atoms with E-state index in [2.05, 4.69) is 37.0 Å². The van der Waals surface area contributed by atoms with E-state index in [1.807, 2.05) is 23.1 Å². The summed E-state index contributed by atoms with van der Waals surface area (Å²) in [7, 11) is 0. The van der Waals surface area contributed by atoms with Gasteiger partial charge >= 0.3 is 0 Å². The number of likely N-dealkylation sites (tertiary alicyclic amines) is 1. The highest BCUT2D eigenvalue weighted by Crippen LogP contribution is 2.42. The van der Waals surface area contributed by atoms with Crippen LogP contribution in [-0.2, 0) is 4.79 Å². The minimum Gasteiger partial charge on any atom is -0.393 e. The Bertz CT molecular complexity index is 1020. The molecule has 3 aromatic rings. The highest BCUT2D eigenvalue weighted by atomic mass is 16.3. The van der Waals surface area contributed by atoms with E-state index in [1.165, 1.54) is 11.9 Å². The van der Waals surface area contributed by atoms with Crippen LogP contribution in [0.25, 0.3) is 11.2 Å². The first-order chi connectivity index (χ1) is 14.1. The number of hydrogen-bond donors (Lipinski definition) is 2. The molecular formula is C21H24N6O2. The van der Waals surface area contributed by atoms with E-state index >= 15 is 0 Å². The fraction of sp³-hybridized carbons (Fsp3) is 0.429. The second-order valence-corrected chi connectivity index (χ2v) is 7.93. The maximum absolute atomic E-state index is 12.5. The topological polar surface area (TPSA) is 98.2 Å². The molecule has 4 heterocycles. The average Bonchev–Trinajstić information content (AvgIpc) is 3.32. The second kappa shape index (κ2) is 7.11. The summed E-state index contributed by atoms with van der Waals surface area (Å²) in [4.78, 5) is 32.6. The molecule has 0 radical (unpaired) electrons. The molecule has 2 aromatic heterocycles. The molecule has 5 rings (SSSR count). The molecule has 2 aliphatic heterocycles. The van der Waals surface area contributed by atoms with Gasteiger partial charge in [0.25, 0.3) is 0 Å². The average molecular weight is 392 g/mol. The van der Waals surface area contributed by atoms with Crippen molar-refractivity contribution < 1.29 is 9.90 Å². The van der Waals surface area contributed by atoms with Crippen LogP contribution in [-0.4, -0.2) is 67.6 Å². The number of carbonyl (C=O) groups is 1. The van der Waals surface area contributed by atoms with Gasteiger partial charge in [0.05, 0.1) is 18.5 Å². The first kappa shape index (κ1) is 18.1. The number of aromatic nitrogens is 4. The molecule has 1 aromatic carbocycles. The van der Waals surface area contributed by atoms with Crippen molar-refractivity contribution in [2.45, 2.75) is 31.4 Å². The summed E-state index contributed by atoms with van der Waals surface area (Å²) in [6.45, 7) is 3.52. The smallest absolute Gasteiger partial charge is 0.219 e. The number of carbonyl (C=O) groups excluding carboxylic acids is 1. The van der Waals surface area contributed by atoms with Crippen LogP contribution in [0.2, 0.25) is 0 Å². The lowest BCUT2D eigenvalue weighted by molar-refractivity contribution is -0.130. The lowest BCUT2D eigenvalue weighted by atomic mass is 9.81. The number of H-pyrrole nitrogens is 1. The highest BCUT2D eigenvalue weighted by Gasteiger charge is 2.49. The molecule has 2 unspecified atom stereocenters. The van der Waals surface area contributed by atoms with Gasteiger partial charge in [-0.1, -0.05) is 30.3 Å². The molecule has 29 heavy (non-hydrogen) atoms. The number of aromatic amines is 1. The van der Waals surface area contributed by atoms with Crippen molar-refractivity contribution in [3.05, 3.63) is 48.5 Å². The second-order valence-electron chi connectivity index (χ2n) is 7.93. The first-order valence-corrected chi connectivity index (χ1v) is 10.0. The van der Waals surface area contributed by atoms with Gasteiger partial charge in [-0.15, -0.1) is 0 Å². The third-order valence-corrected chi connectivity index (χ3v) is 6.38. The Labute approximate surface area is 168 Å². The van der Waals surface area contributed by atoms with Gasteiger partial charge in [-0.3, -0.25) is 4.79 Å². The number of aliphatic hydroxyl groups is 1. The van der Waals surface area contributed by atoms with E-state index in [9.17, 15) is 9.90 Å². The zero-order chi connectivity index (χ0) is 20.0. The molecule has 2 saturated heterocycles. The SMILES string of the molecule is CC(=O)N1C[C@@H](c2ccccc2)C2C1CN(c1ncnc3nc[nH]c13)CC[C@H]2O. The summed E-state index contributed by atoms with van der Waals surface area (Å²) in [5.74, 6) is 0.928. The fourth-order valence-corrected chi connectivity index (χ4v) is 5.06. The maximum atomic E-state index is 12.5. The van der Waals surface area contributed by atoms with Gasteiger partial charge < -0.3 is 19.9 Å². The number of hydrogen-bond acceptors (Lipinski definition) is 6. The molecule has 8 heteroatoms. The number of nitrogens with zero attached hydrogens (tertiary/aromatic N) is 5. The highest BCUT2D eigenvalue weighted by molar-refractivity contribution is 5.82. The van der Waals surface area contributed by atoms with E-state index in [0.29, 0.717) is 31.7 Å². The third kappa shape index (κ3) is 3.04. The Balaban J connectivity index is 1.53. The predicted octanol–water partition coefficient (Wildman–Crippen LogP) is 1.55. The van der Waals surface area contributed by atoms with Crippen molar-refractivity contribution in [1.82, 2.24) is 24.8 Å². The molecule has 4 atom stereocenters. The summed E-state index contributed by atoms with van der Waals surface area (Å²) >= 11 is 0. The zero-order valence-electron chi connectivity index (χ0n) is 16.3. The summed E-state index contributed by atoms with van der Waals surface area (Å²) in [5, 5.41) is 11.1. The Hall–Kier alpha value is -3.00. The quantitative estimate of drug-likeness (QED) is 0.687. The van der Waals surface area contributed by atoms with Crippen molar-refractivity contribution in [1.29, 1.82) is 0 Å². The van der Waals surface area contributed by atoms with Crippen LogP contribution in [0, 0.1) is 5.92 Å². The van der Waals surface area contributed by atoms with Gasteiger partial charge in [0.15, 0.2) is 11.5 Å². The van der Waals surface area contributed by atoms with Crippen molar-refractivity contribution in [2.24, 2.45) is 5.92 Å². The van der Waals surface area contributed by atoms with Crippen molar-refractivity contribution in [3.63, 3.8) is 0 Å². The number of benzene rings is 1. The number of rotatable bonds is 2. The summed E-state index contributed by atoms with van der Waals surface area (Å²) in [6.07, 6.45) is 3.26. The minimum absolute atomic E-state index is 0.00889. The Morgan fingerprint density at radius 1 is 1.17 bits per heavy atom. The van der Waals surface area contributed by atoms with Crippen LogP contribution in [0.4, 0.5) is 5.82 Å². The van der Waals surface area contributed by atoms with Crippen LogP contribution >= 0.6 is 0 Å². The number of fused-ring (bicyclic) bond motifs is 2. The zero-order valence-corrected chi connectivity index (χ0v) is 16.3. The normalized spacial score (nSPS) is 27.1. The molecular weight excluding hydrogens is 368 g/mol. The van der Waals surface area contributed by atoms with Crippen LogP contribution in [0.1, 0.15) is 24.8 Å². The van der Waals surface area contributed by atoms with Gasteiger partial charge in [-0.05, 0) is 12.0 Å². The minimum atomic E-state index is -0.487. The third-order valence-electron chi connectivity index (χ3n) is 6.38. The largest absolute Gasteiger partial charge is 0.393 e. The summed E-state index contributed by atoms with van der Waals surface area (Å²) in [6, 6.07) is 10.1. The molecule has 2 fully saturated rings.